The number of thioether (sulfide) groups is 1. The van der Waals surface area contributed by atoms with E-state index in [2.05, 4.69) is 5.43 Å². The van der Waals surface area contributed by atoms with Crippen molar-refractivity contribution >= 4 is 63.5 Å². The highest BCUT2D eigenvalue weighted by molar-refractivity contribution is 8.26. The van der Waals surface area contributed by atoms with Crippen LogP contribution in [0.5, 0.6) is 5.75 Å². The molecule has 0 bridgehead atoms. The summed E-state index contributed by atoms with van der Waals surface area (Å²) in [5, 5.41) is 12.1. The number of non-ortho nitro benzene ring substituents is 1. The van der Waals surface area contributed by atoms with Gasteiger partial charge in [-0.1, -0.05) is 23.4 Å². The van der Waals surface area contributed by atoms with E-state index in [9.17, 15) is 19.7 Å². The van der Waals surface area contributed by atoms with Gasteiger partial charge in [0.1, 0.15) is 5.75 Å². The van der Waals surface area contributed by atoms with Crippen molar-refractivity contribution < 1.29 is 19.2 Å². The third-order valence-corrected chi connectivity index (χ3v) is 5.48. The van der Waals surface area contributed by atoms with Crippen LogP contribution < -0.4 is 10.2 Å². The lowest BCUT2D eigenvalue weighted by molar-refractivity contribution is -0.384. The Balaban J connectivity index is 1.80. The number of benzene rings is 2. The number of hydrazine groups is 1. The lowest BCUT2D eigenvalue weighted by atomic mass is 10.2. The molecule has 2 amide bonds. The molecule has 1 fully saturated rings. The van der Waals surface area contributed by atoms with Crippen LogP contribution in [-0.2, 0) is 4.79 Å². The summed E-state index contributed by atoms with van der Waals surface area (Å²) in [6.45, 7) is 0. The highest BCUT2D eigenvalue weighted by Crippen LogP contribution is 2.33. The van der Waals surface area contributed by atoms with Crippen LogP contribution >= 0.6 is 35.6 Å². The highest BCUT2D eigenvalue weighted by Gasteiger charge is 2.34. The molecule has 1 heterocycles. The minimum Gasteiger partial charge on any atom is -0.497 e. The topological polar surface area (TPSA) is 102 Å². The number of carbonyl (C=O) groups excluding carboxylic acids is 2. The maximum Gasteiger partial charge on any atom is 0.285 e. The fraction of sp³-hybridized carbons (Fsp3) is 0.0556. The van der Waals surface area contributed by atoms with Crippen LogP contribution in [0.25, 0.3) is 6.08 Å². The summed E-state index contributed by atoms with van der Waals surface area (Å²) >= 11 is 12.2. The van der Waals surface area contributed by atoms with E-state index in [1.165, 1.54) is 31.4 Å². The van der Waals surface area contributed by atoms with Gasteiger partial charge in [0, 0.05) is 28.3 Å². The van der Waals surface area contributed by atoms with Gasteiger partial charge in [-0.3, -0.25) is 25.1 Å². The van der Waals surface area contributed by atoms with Crippen LogP contribution in [0.4, 0.5) is 5.69 Å². The number of rotatable bonds is 5. The molecule has 1 N–H and O–H groups in total. The zero-order valence-corrected chi connectivity index (χ0v) is 17.1. The Hall–Kier alpha value is -2.95. The number of ether oxygens (including phenoxy) is 1. The zero-order valence-electron chi connectivity index (χ0n) is 14.7. The molecule has 1 saturated heterocycles. The van der Waals surface area contributed by atoms with E-state index in [0.717, 1.165) is 16.8 Å². The first-order chi connectivity index (χ1) is 13.8. The maximum atomic E-state index is 12.7. The Kier molecular flexibility index (Phi) is 6.16. The number of nitrogens with zero attached hydrogens (tertiary/aromatic N) is 2. The van der Waals surface area contributed by atoms with Gasteiger partial charge in [0.2, 0.25) is 0 Å². The van der Waals surface area contributed by atoms with Gasteiger partial charge < -0.3 is 4.74 Å². The molecule has 11 heteroatoms. The van der Waals surface area contributed by atoms with Gasteiger partial charge in [0.05, 0.1) is 16.9 Å². The van der Waals surface area contributed by atoms with Crippen molar-refractivity contribution in [1.82, 2.24) is 10.4 Å². The zero-order chi connectivity index (χ0) is 21.1. The average Bonchev–Trinajstić information content (AvgIpc) is 2.96. The minimum absolute atomic E-state index is 0.115. The number of amides is 2. The fourth-order valence-corrected chi connectivity index (χ4v) is 3.71. The molecular weight excluding hydrogens is 438 g/mol. The molecule has 0 radical (unpaired) electrons. The van der Waals surface area contributed by atoms with Crippen molar-refractivity contribution in [3.63, 3.8) is 0 Å². The Morgan fingerprint density at radius 2 is 2.00 bits per heavy atom. The molecule has 148 valence electrons. The van der Waals surface area contributed by atoms with Gasteiger partial charge in [-0.15, -0.1) is 0 Å². The standard InChI is InChI=1S/C18H12ClN3O5S2/c1-27-13-5-2-10(3-6-13)16(23)20-21-17(24)15(29-18(21)28)9-11-8-12(22(25)26)4-7-14(11)19/h2-9H,1H3,(H,20,23). The van der Waals surface area contributed by atoms with E-state index in [-0.39, 0.29) is 19.9 Å². The van der Waals surface area contributed by atoms with Crippen molar-refractivity contribution in [3.8, 4) is 5.75 Å². The third kappa shape index (κ3) is 4.56. The molecule has 1 aliphatic rings. The summed E-state index contributed by atoms with van der Waals surface area (Å²) in [6.07, 6.45) is 1.40. The van der Waals surface area contributed by atoms with Crippen LogP contribution in [0.1, 0.15) is 15.9 Å². The first-order valence-corrected chi connectivity index (χ1v) is 9.57. The normalized spacial score (nSPS) is 15.0. The predicted octanol–water partition coefficient (Wildman–Crippen LogP) is 3.80. The second-order valence-electron chi connectivity index (χ2n) is 5.65. The molecule has 0 unspecified atom stereocenters. The number of thiocarbonyl (C=S) groups is 1. The molecule has 0 spiro atoms. The number of methoxy groups -OCH3 is 1. The molecule has 2 aromatic carbocycles. The summed E-state index contributed by atoms with van der Waals surface area (Å²) in [6, 6.07) is 10.2. The van der Waals surface area contributed by atoms with E-state index >= 15 is 0 Å². The van der Waals surface area contributed by atoms with Crippen LogP contribution in [0.2, 0.25) is 5.02 Å². The predicted molar refractivity (Wildman–Crippen MR) is 114 cm³/mol. The molecule has 8 nitrogen and oxygen atoms in total. The summed E-state index contributed by atoms with van der Waals surface area (Å²) in [5.74, 6) is -0.507. The minimum atomic E-state index is -0.565. The molecule has 0 aromatic heterocycles. The number of nitrogens with one attached hydrogen (secondary N) is 1. The van der Waals surface area contributed by atoms with E-state index in [0.29, 0.717) is 16.9 Å². The largest absolute Gasteiger partial charge is 0.497 e. The Morgan fingerprint density at radius 1 is 1.31 bits per heavy atom. The number of nitro groups is 1. The van der Waals surface area contributed by atoms with Gasteiger partial charge >= 0.3 is 0 Å². The van der Waals surface area contributed by atoms with Crippen LogP contribution in [0.15, 0.2) is 47.4 Å². The molecular formula is C18H12ClN3O5S2. The van der Waals surface area contributed by atoms with Crippen molar-refractivity contribution in [3.05, 3.63) is 73.6 Å². The summed E-state index contributed by atoms with van der Waals surface area (Å²) in [7, 11) is 1.51. The monoisotopic (exact) mass is 449 g/mol. The van der Waals surface area contributed by atoms with Gasteiger partial charge in [-0.25, -0.2) is 0 Å². The first kappa shape index (κ1) is 20.8. The lowest BCUT2D eigenvalue weighted by Gasteiger charge is -2.15. The number of hydrogen-bond donors (Lipinski definition) is 1. The SMILES string of the molecule is COc1ccc(C(=O)NN2C(=O)C(=Cc3cc([N+](=O)[O-])ccc3Cl)SC2=S)cc1. The van der Waals surface area contributed by atoms with Crippen molar-refractivity contribution in [2.24, 2.45) is 0 Å². The number of halogens is 1. The highest BCUT2D eigenvalue weighted by atomic mass is 35.5. The van der Waals surface area contributed by atoms with E-state index < -0.39 is 16.7 Å². The van der Waals surface area contributed by atoms with Crippen molar-refractivity contribution in [1.29, 1.82) is 0 Å². The second-order valence-corrected chi connectivity index (χ2v) is 7.73. The summed E-state index contributed by atoms with van der Waals surface area (Å²) < 4.78 is 5.15. The third-order valence-electron chi connectivity index (χ3n) is 3.84. The molecule has 1 aliphatic heterocycles. The average molecular weight is 450 g/mol. The smallest absolute Gasteiger partial charge is 0.285 e. The van der Waals surface area contributed by atoms with E-state index in [1.54, 1.807) is 24.3 Å². The molecule has 2 aromatic rings. The van der Waals surface area contributed by atoms with Gasteiger partial charge in [0.15, 0.2) is 4.32 Å². The molecule has 3 rings (SSSR count). The molecule has 29 heavy (non-hydrogen) atoms. The van der Waals surface area contributed by atoms with E-state index in [4.69, 9.17) is 28.6 Å². The van der Waals surface area contributed by atoms with Crippen LogP contribution in [0, 0.1) is 10.1 Å². The van der Waals surface area contributed by atoms with E-state index in [1.807, 2.05) is 0 Å². The Morgan fingerprint density at radius 3 is 2.62 bits per heavy atom. The lowest BCUT2D eigenvalue weighted by Crippen LogP contribution is -2.44. The Labute approximate surface area is 179 Å². The number of hydrogen-bond acceptors (Lipinski definition) is 7. The molecule has 0 saturated carbocycles. The van der Waals surface area contributed by atoms with Crippen LogP contribution in [-0.4, -0.2) is 33.2 Å². The number of nitro benzene ring substituents is 1. The summed E-state index contributed by atoms with van der Waals surface area (Å²) in [5.41, 5.74) is 2.89. The fourth-order valence-electron chi connectivity index (χ4n) is 2.37. The van der Waals surface area contributed by atoms with Gasteiger partial charge in [0.25, 0.3) is 17.5 Å². The van der Waals surface area contributed by atoms with Crippen LogP contribution in [0.3, 0.4) is 0 Å². The molecule has 0 aliphatic carbocycles. The Bertz CT molecular complexity index is 1060. The van der Waals surface area contributed by atoms with Gasteiger partial charge in [-0.2, -0.15) is 5.01 Å². The second kappa shape index (κ2) is 8.60. The number of carbonyl (C=O) groups is 2. The molecule has 0 atom stereocenters. The van der Waals surface area contributed by atoms with Crippen molar-refractivity contribution in [2.75, 3.05) is 7.11 Å². The quantitative estimate of drug-likeness (QED) is 0.320. The maximum absolute atomic E-state index is 12.7. The van der Waals surface area contributed by atoms with Gasteiger partial charge in [-0.05, 0) is 48.6 Å². The first-order valence-electron chi connectivity index (χ1n) is 7.97. The summed E-state index contributed by atoms with van der Waals surface area (Å²) in [4.78, 5) is 35.6. The van der Waals surface area contributed by atoms with Crippen molar-refractivity contribution in [2.45, 2.75) is 0 Å².